The van der Waals surface area contributed by atoms with Crippen LogP contribution < -0.4 is 5.32 Å². The largest absolute Gasteiger partial charge is 0.462 e. The summed E-state index contributed by atoms with van der Waals surface area (Å²) < 4.78 is 6.01. The molecule has 11 atom stereocenters. The predicted octanol–water partition coefficient (Wildman–Crippen LogP) is 4.56. The van der Waals surface area contributed by atoms with Gasteiger partial charge in [0.05, 0.1) is 12.1 Å². The first-order valence-electron chi connectivity index (χ1n) is 14.3. The van der Waals surface area contributed by atoms with Crippen LogP contribution in [0.4, 0.5) is 0 Å². The number of nitrogens with one attached hydrogen (secondary N) is 1. The number of aliphatic hydroxyl groups is 1. The molecule has 4 aliphatic carbocycles. The van der Waals surface area contributed by atoms with E-state index in [2.05, 4.69) is 45.1 Å². The van der Waals surface area contributed by atoms with E-state index < -0.39 is 6.10 Å². The van der Waals surface area contributed by atoms with E-state index in [0.717, 1.165) is 44.1 Å². The molecular weight excluding hydrogens is 452 g/mol. The van der Waals surface area contributed by atoms with Crippen LogP contribution in [0.25, 0.3) is 0 Å². The minimum Gasteiger partial charge on any atom is -0.462 e. The molecular formula is C30H50N2O4. The second kappa shape index (κ2) is 10.1. The van der Waals surface area contributed by atoms with Crippen LogP contribution >= 0.6 is 0 Å². The van der Waals surface area contributed by atoms with Crippen molar-refractivity contribution in [3.63, 3.8) is 0 Å². The molecule has 0 heterocycles. The Labute approximate surface area is 218 Å². The molecule has 0 spiro atoms. The van der Waals surface area contributed by atoms with Crippen LogP contribution in [-0.2, 0) is 14.3 Å². The first kappa shape index (κ1) is 27.6. The van der Waals surface area contributed by atoms with Crippen LogP contribution in [0.15, 0.2) is 11.6 Å². The maximum absolute atomic E-state index is 12.4. The normalized spacial score (nSPS) is 44.6. The third kappa shape index (κ3) is 4.66. The summed E-state index contributed by atoms with van der Waals surface area (Å²) in [5.74, 6) is 2.01. The zero-order valence-electron chi connectivity index (χ0n) is 23.8. The van der Waals surface area contributed by atoms with Crippen molar-refractivity contribution in [1.29, 1.82) is 0 Å². The Bertz CT molecular complexity index is 882. The van der Waals surface area contributed by atoms with Crippen molar-refractivity contribution in [3.8, 4) is 0 Å². The van der Waals surface area contributed by atoms with Gasteiger partial charge < -0.3 is 20.1 Å². The zero-order valence-corrected chi connectivity index (χ0v) is 23.8. The lowest BCUT2D eigenvalue weighted by Gasteiger charge is -2.62. The number of allylic oxidation sites excluding steroid dienone is 1. The highest BCUT2D eigenvalue weighted by atomic mass is 16.5. The summed E-state index contributed by atoms with van der Waals surface area (Å²) in [7, 11) is 4.28. The minimum atomic E-state index is -0.494. The SMILES string of the molecule is CC(=O)O[C@H]1C[C@H]2[C@@H]3CC[C@H]4[C@@H](O)[C@@H](NC(=O)C=C(C)C)CC[C@]4(C)[C@H]3CC[C@]2(C)[C@H]1[C@H](C)N(C)C. The molecule has 6 nitrogen and oxygen atoms in total. The van der Waals surface area contributed by atoms with Gasteiger partial charge in [-0.25, -0.2) is 0 Å². The van der Waals surface area contributed by atoms with Gasteiger partial charge in [-0.05, 0) is 114 Å². The summed E-state index contributed by atoms with van der Waals surface area (Å²) in [5.41, 5.74) is 1.21. The number of hydrogen-bond acceptors (Lipinski definition) is 5. The molecule has 0 aromatic rings. The quantitative estimate of drug-likeness (QED) is 0.426. The lowest BCUT2D eigenvalue weighted by Crippen LogP contribution is -2.61. The van der Waals surface area contributed by atoms with Gasteiger partial charge in [-0.2, -0.15) is 0 Å². The number of carbonyl (C=O) groups is 2. The van der Waals surface area contributed by atoms with Crippen LogP contribution in [0.3, 0.4) is 0 Å². The van der Waals surface area contributed by atoms with Gasteiger partial charge in [0, 0.05) is 25.0 Å². The predicted molar refractivity (Wildman–Crippen MR) is 142 cm³/mol. The number of rotatable bonds is 5. The van der Waals surface area contributed by atoms with Crippen LogP contribution in [0.1, 0.15) is 86.5 Å². The fourth-order valence-electron chi connectivity index (χ4n) is 9.52. The number of carbonyl (C=O) groups excluding carboxylic acids is 2. The fraction of sp³-hybridized carbons (Fsp3) is 0.867. The molecule has 4 saturated carbocycles. The Kier molecular flexibility index (Phi) is 7.72. The second-order valence-electron chi connectivity index (χ2n) is 13.6. The van der Waals surface area contributed by atoms with Gasteiger partial charge in [-0.3, -0.25) is 9.59 Å². The molecule has 36 heavy (non-hydrogen) atoms. The lowest BCUT2D eigenvalue weighted by molar-refractivity contribution is -0.157. The summed E-state index contributed by atoms with van der Waals surface area (Å²) in [4.78, 5) is 26.8. The van der Waals surface area contributed by atoms with E-state index in [-0.39, 0.29) is 40.8 Å². The van der Waals surface area contributed by atoms with Gasteiger partial charge in [-0.15, -0.1) is 0 Å². The maximum Gasteiger partial charge on any atom is 0.302 e. The van der Waals surface area contributed by atoms with Crippen molar-refractivity contribution in [2.24, 2.45) is 40.4 Å². The molecule has 204 valence electrons. The Balaban J connectivity index is 1.56. The van der Waals surface area contributed by atoms with Gasteiger partial charge in [0.15, 0.2) is 0 Å². The molecule has 2 N–H and O–H groups in total. The summed E-state index contributed by atoms with van der Waals surface area (Å²) >= 11 is 0. The van der Waals surface area contributed by atoms with Crippen LogP contribution in [0.2, 0.25) is 0 Å². The molecule has 0 aromatic heterocycles. The van der Waals surface area contributed by atoms with Gasteiger partial charge in [0.2, 0.25) is 5.91 Å². The van der Waals surface area contributed by atoms with E-state index in [1.165, 1.54) is 6.42 Å². The van der Waals surface area contributed by atoms with Crippen molar-refractivity contribution < 1.29 is 19.4 Å². The molecule has 0 saturated heterocycles. The highest BCUT2D eigenvalue weighted by Crippen LogP contribution is 2.68. The number of nitrogens with zero attached hydrogens (tertiary/aromatic N) is 1. The smallest absolute Gasteiger partial charge is 0.302 e. The Hall–Kier alpha value is -1.40. The maximum atomic E-state index is 12.4. The van der Waals surface area contributed by atoms with E-state index in [1.807, 2.05) is 13.8 Å². The Morgan fingerprint density at radius 3 is 2.28 bits per heavy atom. The number of amides is 1. The van der Waals surface area contributed by atoms with Crippen molar-refractivity contribution in [2.45, 2.75) is 111 Å². The number of fused-ring (bicyclic) bond motifs is 5. The second-order valence-corrected chi connectivity index (χ2v) is 13.6. The molecule has 0 radical (unpaired) electrons. The first-order valence-corrected chi connectivity index (χ1v) is 14.3. The topological polar surface area (TPSA) is 78.9 Å². The van der Waals surface area contributed by atoms with E-state index in [4.69, 9.17) is 4.74 Å². The number of esters is 1. The number of ether oxygens (including phenoxy) is 1. The molecule has 4 fully saturated rings. The molecule has 0 aromatic carbocycles. The third-order valence-electron chi connectivity index (χ3n) is 11.2. The highest BCUT2D eigenvalue weighted by Gasteiger charge is 2.64. The average Bonchev–Trinajstić information content (AvgIpc) is 3.05. The standard InChI is InChI=1S/C30H50N2O4/c1-17(2)15-26(34)31-24-12-14-29(5)21-11-13-30(6)23(20(21)9-10-22(29)28(24)35)16-25(36-19(4)33)27(30)18(3)32(7)8/h15,18,20-25,27-28,35H,9-14,16H2,1-8H3,(H,31,34)/t18-,20+,21-,22-,23-,24-,25-,27-,28+,29+,30-/m0/s1. The third-order valence-corrected chi connectivity index (χ3v) is 11.2. The molecule has 0 bridgehead atoms. The summed E-state index contributed by atoms with van der Waals surface area (Å²) in [6.07, 6.45) is 8.40. The minimum absolute atomic E-state index is 0.0224. The first-order chi connectivity index (χ1) is 16.8. The van der Waals surface area contributed by atoms with Gasteiger partial charge in [0.25, 0.3) is 0 Å². The molecule has 0 aliphatic heterocycles. The van der Waals surface area contributed by atoms with Crippen LogP contribution in [0.5, 0.6) is 0 Å². The molecule has 6 heteroatoms. The van der Waals surface area contributed by atoms with Gasteiger partial charge in [-0.1, -0.05) is 19.4 Å². The summed E-state index contributed by atoms with van der Waals surface area (Å²) in [5, 5.41) is 14.6. The van der Waals surface area contributed by atoms with Gasteiger partial charge in [0.1, 0.15) is 6.10 Å². The van der Waals surface area contributed by atoms with Crippen molar-refractivity contribution in [2.75, 3.05) is 14.1 Å². The zero-order chi connectivity index (χ0) is 26.6. The van der Waals surface area contributed by atoms with Crippen molar-refractivity contribution >= 4 is 11.9 Å². The summed E-state index contributed by atoms with van der Waals surface area (Å²) in [6.45, 7) is 12.6. The number of aliphatic hydroxyl groups excluding tert-OH is 1. The number of hydrogen-bond donors (Lipinski definition) is 2. The summed E-state index contributed by atoms with van der Waals surface area (Å²) in [6, 6.07) is 0.177. The molecule has 0 unspecified atom stereocenters. The van der Waals surface area contributed by atoms with Crippen molar-refractivity contribution in [1.82, 2.24) is 10.2 Å². The highest BCUT2D eigenvalue weighted by molar-refractivity contribution is 5.88. The van der Waals surface area contributed by atoms with Crippen molar-refractivity contribution in [3.05, 3.63) is 11.6 Å². The van der Waals surface area contributed by atoms with E-state index in [0.29, 0.717) is 29.7 Å². The van der Waals surface area contributed by atoms with Gasteiger partial charge >= 0.3 is 5.97 Å². The monoisotopic (exact) mass is 502 g/mol. The molecule has 1 amide bonds. The Morgan fingerprint density at radius 2 is 1.67 bits per heavy atom. The lowest BCUT2D eigenvalue weighted by atomic mass is 9.44. The Morgan fingerprint density at radius 1 is 1.00 bits per heavy atom. The average molecular weight is 503 g/mol. The molecule has 4 rings (SSSR count). The molecule has 4 aliphatic rings. The van der Waals surface area contributed by atoms with E-state index in [1.54, 1.807) is 13.0 Å². The fourth-order valence-corrected chi connectivity index (χ4v) is 9.52. The van der Waals surface area contributed by atoms with Crippen LogP contribution in [0, 0.1) is 40.4 Å². The van der Waals surface area contributed by atoms with E-state index in [9.17, 15) is 14.7 Å². The van der Waals surface area contributed by atoms with Crippen LogP contribution in [-0.4, -0.2) is 60.3 Å². The van der Waals surface area contributed by atoms with E-state index >= 15 is 0 Å².